The average molecular weight is 567 g/mol. The third-order valence-electron chi connectivity index (χ3n) is 7.51. The molecule has 1 aromatic heterocycles. The van der Waals surface area contributed by atoms with E-state index >= 15 is 4.39 Å². The van der Waals surface area contributed by atoms with Crippen molar-refractivity contribution in [3.05, 3.63) is 77.1 Å². The van der Waals surface area contributed by atoms with Gasteiger partial charge in [0.1, 0.15) is 5.82 Å². The Kier molecular flexibility index (Phi) is 9.02. The summed E-state index contributed by atoms with van der Waals surface area (Å²) in [6, 6.07) is 11.1. The SMILES string of the molecule is Cc1ncc(-c2ccc(OCCc3ccccc3F)c(F)c2)c(N2CCC(C)(C)CC2)c1[C@H](OC(C)(C)C)C(=O)O. The van der Waals surface area contributed by atoms with Gasteiger partial charge in [0, 0.05) is 42.5 Å². The molecule has 0 bridgehead atoms. The maximum atomic E-state index is 15.4. The van der Waals surface area contributed by atoms with Gasteiger partial charge in [-0.25, -0.2) is 13.6 Å². The Morgan fingerprint density at radius 2 is 1.78 bits per heavy atom. The molecular formula is C33H40F2N2O4. The highest BCUT2D eigenvalue weighted by atomic mass is 19.1. The van der Waals surface area contributed by atoms with Crippen LogP contribution >= 0.6 is 0 Å². The largest absolute Gasteiger partial charge is 0.490 e. The minimum atomic E-state index is -1.25. The van der Waals surface area contributed by atoms with E-state index in [0.29, 0.717) is 40.1 Å². The topological polar surface area (TPSA) is 71.9 Å². The number of ether oxygens (including phenoxy) is 2. The van der Waals surface area contributed by atoms with E-state index in [1.165, 1.54) is 12.1 Å². The van der Waals surface area contributed by atoms with Gasteiger partial charge >= 0.3 is 5.97 Å². The van der Waals surface area contributed by atoms with E-state index in [1.807, 2.05) is 20.8 Å². The molecule has 4 rings (SSSR count). The van der Waals surface area contributed by atoms with Crippen molar-refractivity contribution in [1.29, 1.82) is 0 Å². The van der Waals surface area contributed by atoms with Crippen LogP contribution in [0.1, 0.15) is 70.4 Å². The molecule has 0 amide bonds. The van der Waals surface area contributed by atoms with Crippen molar-refractivity contribution < 1.29 is 28.2 Å². The molecule has 2 aromatic carbocycles. The average Bonchev–Trinajstić information content (AvgIpc) is 2.89. The van der Waals surface area contributed by atoms with Gasteiger partial charge in [0.2, 0.25) is 0 Å². The predicted octanol–water partition coefficient (Wildman–Crippen LogP) is 7.52. The molecule has 1 aliphatic heterocycles. The van der Waals surface area contributed by atoms with Crippen LogP contribution in [-0.4, -0.2) is 41.4 Å². The number of aromatic nitrogens is 1. The fourth-order valence-electron chi connectivity index (χ4n) is 5.15. The van der Waals surface area contributed by atoms with Gasteiger partial charge in [-0.2, -0.15) is 0 Å². The predicted molar refractivity (Wildman–Crippen MR) is 156 cm³/mol. The number of carbonyl (C=O) groups is 1. The number of carboxylic acids is 1. The molecule has 6 nitrogen and oxygen atoms in total. The van der Waals surface area contributed by atoms with E-state index in [2.05, 4.69) is 23.7 Å². The number of benzene rings is 2. The van der Waals surface area contributed by atoms with E-state index in [1.54, 1.807) is 43.5 Å². The summed E-state index contributed by atoms with van der Waals surface area (Å²) in [7, 11) is 0. The van der Waals surface area contributed by atoms with Crippen molar-refractivity contribution in [3.63, 3.8) is 0 Å². The molecule has 3 aromatic rings. The molecule has 1 fully saturated rings. The summed E-state index contributed by atoms with van der Waals surface area (Å²) in [5.41, 5.74) is 2.87. The molecule has 0 radical (unpaired) electrons. The van der Waals surface area contributed by atoms with E-state index in [9.17, 15) is 14.3 Å². The maximum absolute atomic E-state index is 15.4. The Bertz CT molecular complexity index is 1390. The zero-order valence-electron chi connectivity index (χ0n) is 24.8. The number of aryl methyl sites for hydroxylation is 1. The summed E-state index contributed by atoms with van der Waals surface area (Å²) in [5.74, 6) is -1.93. The minimum absolute atomic E-state index is 0.0612. The number of hydrogen-bond donors (Lipinski definition) is 1. The molecule has 2 heterocycles. The van der Waals surface area contributed by atoms with E-state index in [4.69, 9.17) is 9.47 Å². The van der Waals surface area contributed by atoms with Crippen LogP contribution in [-0.2, 0) is 16.0 Å². The molecule has 1 aliphatic rings. The number of pyridine rings is 1. The smallest absolute Gasteiger partial charge is 0.337 e. The zero-order valence-corrected chi connectivity index (χ0v) is 24.8. The van der Waals surface area contributed by atoms with Gasteiger partial charge in [-0.05, 0) is 75.3 Å². The van der Waals surface area contributed by atoms with Crippen LogP contribution < -0.4 is 9.64 Å². The normalized spacial score (nSPS) is 16.0. The second kappa shape index (κ2) is 12.1. The second-order valence-corrected chi connectivity index (χ2v) is 12.5. The number of carboxylic acid groups (broad SMARTS) is 1. The highest BCUT2D eigenvalue weighted by Crippen LogP contribution is 2.44. The maximum Gasteiger partial charge on any atom is 0.337 e. The Balaban J connectivity index is 1.72. The van der Waals surface area contributed by atoms with Gasteiger partial charge in [0.15, 0.2) is 17.7 Å². The highest BCUT2D eigenvalue weighted by Gasteiger charge is 2.35. The highest BCUT2D eigenvalue weighted by molar-refractivity contribution is 5.86. The number of nitrogens with zero attached hydrogens (tertiary/aromatic N) is 2. The van der Waals surface area contributed by atoms with Gasteiger partial charge in [0.25, 0.3) is 0 Å². The Morgan fingerprint density at radius 3 is 2.39 bits per heavy atom. The first-order chi connectivity index (χ1) is 19.3. The lowest BCUT2D eigenvalue weighted by molar-refractivity contribution is -0.160. The summed E-state index contributed by atoms with van der Waals surface area (Å²) in [6.45, 7) is 13.3. The second-order valence-electron chi connectivity index (χ2n) is 12.5. The van der Waals surface area contributed by atoms with Crippen molar-refractivity contribution in [2.45, 2.75) is 72.5 Å². The summed E-state index contributed by atoms with van der Waals surface area (Å²) < 4.78 is 41.0. The Morgan fingerprint density at radius 1 is 1.10 bits per heavy atom. The lowest BCUT2D eigenvalue weighted by Crippen LogP contribution is -2.39. The van der Waals surface area contributed by atoms with Crippen LogP contribution in [0.5, 0.6) is 5.75 Å². The van der Waals surface area contributed by atoms with Crippen LogP contribution in [0.3, 0.4) is 0 Å². The van der Waals surface area contributed by atoms with Crippen molar-refractivity contribution in [3.8, 4) is 16.9 Å². The van der Waals surface area contributed by atoms with Crippen molar-refractivity contribution in [2.24, 2.45) is 5.41 Å². The van der Waals surface area contributed by atoms with Gasteiger partial charge in [-0.3, -0.25) is 4.98 Å². The monoisotopic (exact) mass is 566 g/mol. The van der Waals surface area contributed by atoms with Crippen LogP contribution in [0.15, 0.2) is 48.7 Å². The molecule has 0 unspecified atom stereocenters. The molecular weight excluding hydrogens is 526 g/mol. The molecule has 1 atom stereocenters. The lowest BCUT2D eigenvalue weighted by Gasteiger charge is -2.41. The van der Waals surface area contributed by atoms with Gasteiger partial charge in [-0.1, -0.05) is 38.1 Å². The molecule has 0 aliphatic carbocycles. The quantitative estimate of drug-likeness (QED) is 0.289. The van der Waals surface area contributed by atoms with Crippen LogP contribution in [0, 0.1) is 24.0 Å². The molecule has 8 heteroatoms. The number of rotatable bonds is 9. The first-order valence-corrected chi connectivity index (χ1v) is 14.1. The fourth-order valence-corrected chi connectivity index (χ4v) is 5.15. The lowest BCUT2D eigenvalue weighted by atomic mass is 9.82. The molecule has 0 spiro atoms. The standard InChI is InChI=1S/C33H40F2N2O4/c1-21-28(30(31(38)39)41-32(2,3)4)29(37-16-14-33(5,6)15-17-37)24(20-36-21)23-11-12-27(26(35)19-23)40-18-13-22-9-7-8-10-25(22)34/h7-12,19-20,30H,13-18H2,1-6H3,(H,38,39)/t30-/m0/s1. The summed E-state index contributed by atoms with van der Waals surface area (Å²) in [5, 5.41) is 10.3. The number of halogens is 2. The van der Waals surface area contributed by atoms with E-state index in [-0.39, 0.29) is 23.6 Å². The number of hydrogen-bond acceptors (Lipinski definition) is 5. The minimum Gasteiger partial charge on any atom is -0.490 e. The molecule has 41 heavy (non-hydrogen) atoms. The summed E-state index contributed by atoms with van der Waals surface area (Å²) in [4.78, 5) is 19.3. The van der Waals surface area contributed by atoms with E-state index < -0.39 is 23.5 Å². The van der Waals surface area contributed by atoms with Gasteiger partial charge in [-0.15, -0.1) is 0 Å². The molecule has 1 saturated heterocycles. The Labute approximate surface area is 241 Å². The number of anilines is 1. The number of piperidine rings is 1. The zero-order chi connectivity index (χ0) is 29.9. The Hall–Kier alpha value is -3.52. The third kappa shape index (κ3) is 7.41. The molecule has 1 N–H and O–H groups in total. The first kappa shape index (κ1) is 30.4. The first-order valence-electron chi connectivity index (χ1n) is 14.1. The van der Waals surface area contributed by atoms with Crippen LogP contribution in [0.25, 0.3) is 11.1 Å². The van der Waals surface area contributed by atoms with Gasteiger partial charge in [0.05, 0.1) is 17.9 Å². The molecule has 0 saturated carbocycles. The fraction of sp³-hybridized carbons (Fsp3) is 0.455. The van der Waals surface area contributed by atoms with Crippen molar-refractivity contribution >= 4 is 11.7 Å². The molecule has 220 valence electrons. The summed E-state index contributed by atoms with van der Waals surface area (Å²) in [6.07, 6.45) is 2.58. The van der Waals surface area contributed by atoms with E-state index in [0.717, 1.165) is 25.9 Å². The van der Waals surface area contributed by atoms with Gasteiger partial charge < -0.3 is 19.5 Å². The van der Waals surface area contributed by atoms with Crippen LogP contribution in [0.2, 0.25) is 0 Å². The third-order valence-corrected chi connectivity index (χ3v) is 7.51. The van der Waals surface area contributed by atoms with Crippen molar-refractivity contribution in [1.82, 2.24) is 4.98 Å². The van der Waals surface area contributed by atoms with Crippen LogP contribution in [0.4, 0.5) is 14.5 Å². The number of aliphatic carboxylic acids is 1. The van der Waals surface area contributed by atoms with Crippen molar-refractivity contribution in [2.75, 3.05) is 24.6 Å². The summed E-state index contributed by atoms with van der Waals surface area (Å²) >= 11 is 0.